The Morgan fingerprint density at radius 1 is 1.45 bits per heavy atom. The molecule has 3 nitrogen and oxygen atoms in total. The molecule has 0 atom stereocenters. The summed E-state index contributed by atoms with van der Waals surface area (Å²) in [5.41, 5.74) is 4.65. The summed E-state index contributed by atoms with van der Waals surface area (Å²) in [6.07, 6.45) is -3.31. The molecule has 0 radical (unpaired) electrons. The van der Waals surface area contributed by atoms with Crippen molar-refractivity contribution in [3.05, 3.63) is 12.8 Å². The van der Waals surface area contributed by atoms with Crippen molar-refractivity contribution < 1.29 is 13.2 Å². The lowest BCUT2D eigenvalue weighted by molar-refractivity contribution is -0.0596. The lowest BCUT2D eigenvalue weighted by Gasteiger charge is -2.02. The molecule has 0 unspecified atom stereocenters. The maximum Gasteiger partial charge on any atom is 0.451 e. The minimum absolute atomic E-state index is 0.524. The molecule has 6 heteroatoms. The summed E-state index contributed by atoms with van der Waals surface area (Å²) in [7, 11) is 0. The fourth-order valence-electron chi connectivity index (χ4n) is 0.337. The zero-order chi connectivity index (χ0) is 8.91. The Morgan fingerprint density at radius 2 is 2.00 bits per heavy atom. The summed E-state index contributed by atoms with van der Waals surface area (Å²) >= 11 is 0. The quantitative estimate of drug-likeness (QED) is 0.458. The Kier molecular flexibility index (Phi) is 3.29. The van der Waals surface area contributed by atoms with Crippen molar-refractivity contribution in [2.75, 3.05) is 0 Å². The van der Waals surface area contributed by atoms with E-state index in [1.165, 1.54) is 0 Å². The van der Waals surface area contributed by atoms with Gasteiger partial charge in [0.15, 0.2) is 0 Å². The summed E-state index contributed by atoms with van der Waals surface area (Å²) in [5.74, 6) is -1.31. The van der Waals surface area contributed by atoms with Gasteiger partial charge >= 0.3 is 6.18 Å². The smallest absolute Gasteiger partial charge is 0.390 e. The Labute approximate surface area is 61.1 Å². The van der Waals surface area contributed by atoms with Crippen LogP contribution in [0.1, 0.15) is 0 Å². The lowest BCUT2D eigenvalue weighted by Crippen LogP contribution is -2.21. The molecule has 0 fully saturated rings. The normalized spacial score (nSPS) is 13.9. The molecular weight excluding hydrogens is 159 g/mol. The van der Waals surface area contributed by atoms with Gasteiger partial charge < -0.3 is 5.73 Å². The van der Waals surface area contributed by atoms with E-state index in [1.54, 1.807) is 0 Å². The topological polar surface area (TPSA) is 50.7 Å². The van der Waals surface area contributed by atoms with E-state index in [2.05, 4.69) is 22.3 Å². The Bertz CT molecular complexity index is 192. The molecule has 0 aliphatic carbocycles. The predicted molar refractivity (Wildman–Crippen MR) is 36.4 cm³/mol. The van der Waals surface area contributed by atoms with Crippen LogP contribution in [0.3, 0.4) is 0 Å². The molecule has 0 saturated heterocycles. The van der Waals surface area contributed by atoms with E-state index >= 15 is 0 Å². The first-order chi connectivity index (χ1) is 5.02. The third-order valence-electron chi connectivity index (χ3n) is 0.664. The fourth-order valence-corrected chi connectivity index (χ4v) is 0.337. The van der Waals surface area contributed by atoms with Crippen LogP contribution in [0.25, 0.3) is 0 Å². The largest absolute Gasteiger partial charge is 0.451 e. The van der Waals surface area contributed by atoms with Gasteiger partial charge in [0.2, 0.25) is 5.84 Å². The van der Waals surface area contributed by atoms with E-state index in [4.69, 9.17) is 0 Å². The summed E-state index contributed by atoms with van der Waals surface area (Å²) in [6, 6.07) is 0. The van der Waals surface area contributed by atoms with Crippen LogP contribution in [0.15, 0.2) is 22.8 Å². The number of amidine groups is 1. The molecule has 0 aromatic rings. The molecule has 0 aromatic carbocycles. The zero-order valence-corrected chi connectivity index (χ0v) is 5.47. The SMILES string of the molecule is C=CN=C(N=CN)C(F)(F)F. The highest BCUT2D eigenvalue weighted by molar-refractivity contribution is 5.93. The van der Waals surface area contributed by atoms with Gasteiger partial charge in [-0.05, 0) is 0 Å². The van der Waals surface area contributed by atoms with Crippen LogP contribution in [0.4, 0.5) is 13.2 Å². The third-order valence-corrected chi connectivity index (χ3v) is 0.664. The number of nitrogens with two attached hydrogens (primary N) is 1. The molecule has 0 heterocycles. The molecule has 0 bridgehead atoms. The van der Waals surface area contributed by atoms with Crippen LogP contribution in [0.5, 0.6) is 0 Å². The minimum atomic E-state index is -4.58. The Balaban J connectivity index is 4.61. The van der Waals surface area contributed by atoms with Crippen molar-refractivity contribution in [3.63, 3.8) is 0 Å². The predicted octanol–water partition coefficient (Wildman–Crippen LogP) is 1.08. The second-order valence-corrected chi connectivity index (χ2v) is 1.41. The van der Waals surface area contributed by atoms with Crippen molar-refractivity contribution >= 4 is 12.2 Å². The number of hydrogen-bond acceptors (Lipinski definition) is 1. The maximum atomic E-state index is 11.7. The summed E-state index contributed by atoms with van der Waals surface area (Å²) in [4.78, 5) is 5.65. The monoisotopic (exact) mass is 165 g/mol. The number of aliphatic imine (C=N–C) groups is 2. The van der Waals surface area contributed by atoms with E-state index in [-0.39, 0.29) is 0 Å². The van der Waals surface area contributed by atoms with Crippen LogP contribution in [0, 0.1) is 0 Å². The van der Waals surface area contributed by atoms with Crippen molar-refractivity contribution in [1.29, 1.82) is 0 Å². The second kappa shape index (κ2) is 3.75. The molecule has 0 rings (SSSR count). The van der Waals surface area contributed by atoms with Crippen LogP contribution in [-0.2, 0) is 0 Å². The average molecular weight is 165 g/mol. The van der Waals surface area contributed by atoms with Gasteiger partial charge in [-0.2, -0.15) is 13.2 Å². The van der Waals surface area contributed by atoms with Crippen LogP contribution < -0.4 is 5.73 Å². The van der Waals surface area contributed by atoms with E-state index in [0.717, 1.165) is 6.20 Å². The van der Waals surface area contributed by atoms with Crippen LogP contribution in [-0.4, -0.2) is 18.4 Å². The van der Waals surface area contributed by atoms with Crippen molar-refractivity contribution in [2.45, 2.75) is 6.18 Å². The highest BCUT2D eigenvalue weighted by atomic mass is 19.4. The van der Waals surface area contributed by atoms with Crippen LogP contribution >= 0.6 is 0 Å². The molecule has 0 aliphatic heterocycles. The summed E-state index contributed by atoms with van der Waals surface area (Å²) in [6.45, 7) is 2.99. The molecule has 0 spiro atoms. The Hall–Kier alpha value is -1.33. The van der Waals surface area contributed by atoms with Gasteiger partial charge in [0, 0.05) is 6.20 Å². The van der Waals surface area contributed by atoms with Gasteiger partial charge in [-0.15, -0.1) is 0 Å². The first-order valence-corrected chi connectivity index (χ1v) is 2.52. The van der Waals surface area contributed by atoms with Crippen molar-refractivity contribution in [3.8, 4) is 0 Å². The Morgan fingerprint density at radius 3 is 2.27 bits per heavy atom. The van der Waals surface area contributed by atoms with E-state index in [1.807, 2.05) is 0 Å². The average Bonchev–Trinajstić information content (AvgIpc) is 1.85. The number of hydrogen-bond donors (Lipinski definition) is 1. The van der Waals surface area contributed by atoms with Gasteiger partial charge in [-0.3, -0.25) is 0 Å². The van der Waals surface area contributed by atoms with Crippen LogP contribution in [0.2, 0.25) is 0 Å². The molecular formula is C5H6F3N3. The molecule has 0 saturated carbocycles. The molecule has 0 aromatic heterocycles. The molecule has 0 amide bonds. The van der Waals surface area contributed by atoms with E-state index < -0.39 is 12.0 Å². The van der Waals surface area contributed by atoms with Gasteiger partial charge in [0.25, 0.3) is 0 Å². The van der Waals surface area contributed by atoms with Gasteiger partial charge in [-0.25, -0.2) is 9.98 Å². The van der Waals surface area contributed by atoms with Gasteiger partial charge in [0.05, 0.1) is 6.34 Å². The maximum absolute atomic E-state index is 11.7. The van der Waals surface area contributed by atoms with Gasteiger partial charge in [-0.1, -0.05) is 6.58 Å². The van der Waals surface area contributed by atoms with E-state index in [9.17, 15) is 13.2 Å². The number of nitrogens with zero attached hydrogens (tertiary/aromatic N) is 2. The van der Waals surface area contributed by atoms with Crippen molar-refractivity contribution in [2.24, 2.45) is 15.7 Å². The lowest BCUT2D eigenvalue weighted by atomic mass is 10.6. The number of rotatable bonds is 1. The zero-order valence-electron chi connectivity index (χ0n) is 5.47. The standard InChI is InChI=1S/C5H6F3N3/c1-2-10-4(11-3-9)5(6,7)8/h2-3H,1H2,(H2,9,10,11). The minimum Gasteiger partial charge on any atom is -0.390 e. The highest BCUT2D eigenvalue weighted by Gasteiger charge is 2.35. The first-order valence-electron chi connectivity index (χ1n) is 2.52. The van der Waals surface area contributed by atoms with Crippen molar-refractivity contribution in [1.82, 2.24) is 0 Å². The third kappa shape index (κ3) is 3.39. The van der Waals surface area contributed by atoms with Gasteiger partial charge in [0.1, 0.15) is 0 Å². The summed E-state index contributed by atoms with van der Waals surface area (Å²) in [5, 5.41) is 0. The fraction of sp³-hybridized carbons (Fsp3) is 0.200. The molecule has 62 valence electrons. The second-order valence-electron chi connectivity index (χ2n) is 1.41. The first kappa shape index (κ1) is 9.67. The number of halogens is 3. The molecule has 0 aliphatic rings. The molecule has 2 N–H and O–H groups in total. The highest BCUT2D eigenvalue weighted by Crippen LogP contribution is 2.17. The molecule has 11 heavy (non-hydrogen) atoms. The van der Waals surface area contributed by atoms with E-state index in [0.29, 0.717) is 6.34 Å². The number of alkyl halides is 3. The summed E-state index contributed by atoms with van der Waals surface area (Å²) < 4.78 is 35.2.